The van der Waals surface area contributed by atoms with Crippen LogP contribution < -0.4 is 10.2 Å². The number of sulfone groups is 1. The van der Waals surface area contributed by atoms with Crippen LogP contribution in [0.2, 0.25) is 5.02 Å². The van der Waals surface area contributed by atoms with Gasteiger partial charge in [-0.05, 0) is 19.1 Å². The van der Waals surface area contributed by atoms with Gasteiger partial charge >= 0.3 is 6.09 Å². The molecule has 9 heteroatoms. The van der Waals surface area contributed by atoms with E-state index in [1.54, 1.807) is 19.1 Å². The van der Waals surface area contributed by atoms with Gasteiger partial charge in [0, 0.05) is 24.0 Å². The summed E-state index contributed by atoms with van der Waals surface area (Å²) in [6, 6.07) is 6.75. The third kappa shape index (κ3) is 3.80. The predicted molar refractivity (Wildman–Crippen MR) is 97.2 cm³/mol. The molecule has 1 aromatic heterocycles. The molecule has 1 aliphatic heterocycles. The minimum absolute atomic E-state index is 0.0510. The molecule has 7 nitrogen and oxygen atoms in total. The highest BCUT2D eigenvalue weighted by Crippen LogP contribution is 2.32. The highest BCUT2D eigenvalue weighted by molar-refractivity contribution is 7.91. The molecule has 1 amide bonds. The van der Waals surface area contributed by atoms with E-state index in [4.69, 9.17) is 16.7 Å². The van der Waals surface area contributed by atoms with E-state index in [0.717, 1.165) is 5.39 Å². The first kappa shape index (κ1) is 17.8. The Kier molecular flexibility index (Phi) is 4.75. The number of hydrogen-bond donors (Lipinski definition) is 2. The second-order valence-corrected chi connectivity index (χ2v) is 8.73. The summed E-state index contributed by atoms with van der Waals surface area (Å²) < 4.78 is 23.4. The largest absolute Gasteiger partial charge is 0.465 e. The van der Waals surface area contributed by atoms with Gasteiger partial charge in [0.1, 0.15) is 5.82 Å². The summed E-state index contributed by atoms with van der Waals surface area (Å²) in [5.74, 6) is 0.668. The minimum atomic E-state index is -3.03. The third-order valence-electron chi connectivity index (χ3n) is 4.26. The molecule has 1 aromatic carbocycles. The highest BCUT2D eigenvalue weighted by Gasteiger charge is 2.26. The number of para-hydroxylation sites is 1. The molecule has 2 aromatic rings. The summed E-state index contributed by atoms with van der Waals surface area (Å²) in [6.07, 6.45) is -1.13. The van der Waals surface area contributed by atoms with Gasteiger partial charge in [-0.1, -0.05) is 23.7 Å². The molecule has 0 spiro atoms. The molecule has 25 heavy (non-hydrogen) atoms. The number of carboxylic acid groups (broad SMARTS) is 1. The fourth-order valence-electron chi connectivity index (χ4n) is 2.93. The number of benzene rings is 1. The average molecular weight is 384 g/mol. The molecule has 1 fully saturated rings. The van der Waals surface area contributed by atoms with E-state index in [0.29, 0.717) is 35.0 Å². The average Bonchev–Trinajstić information content (AvgIpc) is 2.54. The second kappa shape index (κ2) is 6.68. The van der Waals surface area contributed by atoms with Crippen molar-refractivity contribution in [2.75, 3.05) is 29.5 Å². The lowest BCUT2D eigenvalue weighted by Crippen LogP contribution is -2.41. The van der Waals surface area contributed by atoms with Crippen molar-refractivity contribution in [1.29, 1.82) is 0 Å². The van der Waals surface area contributed by atoms with E-state index < -0.39 is 22.0 Å². The molecular formula is C16H18ClN3O4S. The molecule has 3 rings (SSSR count). The van der Waals surface area contributed by atoms with Gasteiger partial charge in [-0.15, -0.1) is 0 Å². The number of aromatic nitrogens is 1. The van der Waals surface area contributed by atoms with Crippen LogP contribution in [0.3, 0.4) is 0 Å². The van der Waals surface area contributed by atoms with Crippen molar-refractivity contribution in [2.24, 2.45) is 0 Å². The Bertz CT molecular complexity index is 918. The van der Waals surface area contributed by atoms with Crippen LogP contribution in [0.15, 0.2) is 24.3 Å². The van der Waals surface area contributed by atoms with Gasteiger partial charge in [-0.3, -0.25) is 0 Å². The summed E-state index contributed by atoms with van der Waals surface area (Å²) in [6.45, 7) is 2.36. The summed E-state index contributed by atoms with van der Waals surface area (Å²) in [4.78, 5) is 17.5. The van der Waals surface area contributed by atoms with Gasteiger partial charge in [0.05, 0.1) is 28.1 Å². The van der Waals surface area contributed by atoms with Gasteiger partial charge in [-0.2, -0.15) is 0 Å². The van der Waals surface area contributed by atoms with Crippen molar-refractivity contribution < 1.29 is 18.3 Å². The predicted octanol–water partition coefficient (Wildman–Crippen LogP) is 2.45. The number of fused-ring (bicyclic) bond motifs is 1. The van der Waals surface area contributed by atoms with E-state index in [1.807, 2.05) is 17.0 Å². The Labute approximate surface area is 150 Å². The Morgan fingerprint density at radius 2 is 2.04 bits per heavy atom. The quantitative estimate of drug-likeness (QED) is 0.844. The van der Waals surface area contributed by atoms with Gasteiger partial charge in [0.15, 0.2) is 9.84 Å². The molecule has 0 aliphatic carbocycles. The maximum absolute atomic E-state index is 11.7. The van der Waals surface area contributed by atoms with Crippen molar-refractivity contribution in [1.82, 2.24) is 10.3 Å². The fourth-order valence-corrected chi connectivity index (χ4v) is 4.35. The van der Waals surface area contributed by atoms with Crippen LogP contribution in [0, 0.1) is 0 Å². The molecule has 1 unspecified atom stereocenters. The maximum atomic E-state index is 11.7. The number of rotatable bonds is 3. The lowest BCUT2D eigenvalue weighted by Gasteiger charge is -2.31. The highest BCUT2D eigenvalue weighted by atomic mass is 35.5. The van der Waals surface area contributed by atoms with E-state index in [-0.39, 0.29) is 11.5 Å². The molecule has 134 valence electrons. The van der Waals surface area contributed by atoms with Crippen molar-refractivity contribution in [3.05, 3.63) is 34.9 Å². The molecule has 2 N–H and O–H groups in total. The standard InChI is InChI=1S/C16H18ClN3O4S/c1-10(18-16(21)22)12-9-11-3-2-4-13(17)14(11)19-15(12)20-5-7-25(23,24)8-6-20/h2-4,9-10,18H,5-8H2,1H3,(H,21,22). The lowest BCUT2D eigenvalue weighted by atomic mass is 10.1. The van der Waals surface area contributed by atoms with Crippen molar-refractivity contribution in [2.45, 2.75) is 13.0 Å². The Morgan fingerprint density at radius 1 is 1.36 bits per heavy atom. The van der Waals surface area contributed by atoms with Crippen LogP contribution in [0.5, 0.6) is 0 Å². The molecule has 0 bridgehead atoms. The summed E-state index contributed by atoms with van der Waals surface area (Å²) in [7, 11) is -3.03. The number of nitrogens with one attached hydrogen (secondary N) is 1. The topological polar surface area (TPSA) is 99.6 Å². The minimum Gasteiger partial charge on any atom is -0.465 e. The van der Waals surface area contributed by atoms with E-state index in [2.05, 4.69) is 10.3 Å². The van der Waals surface area contributed by atoms with Gasteiger partial charge in [0.2, 0.25) is 0 Å². The van der Waals surface area contributed by atoms with Gasteiger partial charge < -0.3 is 15.3 Å². The Hall–Kier alpha value is -2.06. The maximum Gasteiger partial charge on any atom is 0.405 e. The molecular weight excluding hydrogens is 366 g/mol. The van der Waals surface area contributed by atoms with Crippen molar-refractivity contribution >= 4 is 44.3 Å². The molecule has 1 atom stereocenters. The number of halogens is 1. The van der Waals surface area contributed by atoms with Crippen LogP contribution in [0.1, 0.15) is 18.5 Å². The van der Waals surface area contributed by atoms with Crippen LogP contribution in [-0.4, -0.2) is 49.2 Å². The van der Waals surface area contributed by atoms with Crippen LogP contribution >= 0.6 is 11.6 Å². The molecule has 1 aliphatic rings. The van der Waals surface area contributed by atoms with Crippen LogP contribution in [0.4, 0.5) is 10.6 Å². The number of amides is 1. The van der Waals surface area contributed by atoms with E-state index in [1.165, 1.54) is 0 Å². The second-order valence-electron chi connectivity index (χ2n) is 6.02. The first-order valence-electron chi connectivity index (χ1n) is 7.81. The molecule has 2 heterocycles. The van der Waals surface area contributed by atoms with Crippen LogP contribution in [0.25, 0.3) is 10.9 Å². The van der Waals surface area contributed by atoms with Gasteiger partial charge in [0.25, 0.3) is 0 Å². The lowest BCUT2D eigenvalue weighted by molar-refractivity contribution is 0.191. The fraction of sp³-hybridized carbons (Fsp3) is 0.375. The Morgan fingerprint density at radius 3 is 2.68 bits per heavy atom. The normalized spacial score (nSPS) is 18.1. The zero-order valence-corrected chi connectivity index (χ0v) is 15.1. The smallest absolute Gasteiger partial charge is 0.405 e. The number of nitrogens with zero attached hydrogens (tertiary/aromatic N) is 2. The van der Waals surface area contributed by atoms with Crippen molar-refractivity contribution in [3.8, 4) is 0 Å². The van der Waals surface area contributed by atoms with E-state index >= 15 is 0 Å². The number of anilines is 1. The number of pyridine rings is 1. The Balaban J connectivity index is 2.10. The molecule has 0 saturated carbocycles. The van der Waals surface area contributed by atoms with Gasteiger partial charge in [-0.25, -0.2) is 18.2 Å². The SMILES string of the molecule is CC(NC(=O)O)c1cc2cccc(Cl)c2nc1N1CCS(=O)(=O)CC1. The number of hydrogen-bond acceptors (Lipinski definition) is 5. The summed E-state index contributed by atoms with van der Waals surface area (Å²) >= 11 is 6.24. The zero-order chi connectivity index (χ0) is 18.2. The zero-order valence-electron chi connectivity index (χ0n) is 13.6. The number of carbonyl (C=O) groups is 1. The molecule has 0 radical (unpaired) electrons. The van der Waals surface area contributed by atoms with Crippen LogP contribution in [-0.2, 0) is 9.84 Å². The summed E-state index contributed by atoms with van der Waals surface area (Å²) in [5.41, 5.74) is 1.30. The monoisotopic (exact) mass is 383 g/mol. The van der Waals surface area contributed by atoms with Crippen molar-refractivity contribution in [3.63, 3.8) is 0 Å². The third-order valence-corrected chi connectivity index (χ3v) is 6.17. The van der Waals surface area contributed by atoms with E-state index in [9.17, 15) is 13.2 Å². The molecule has 1 saturated heterocycles. The first-order valence-corrected chi connectivity index (χ1v) is 10.0. The summed E-state index contributed by atoms with van der Waals surface area (Å²) in [5, 5.41) is 12.8. The first-order chi connectivity index (χ1) is 11.8.